The van der Waals surface area contributed by atoms with E-state index in [1.54, 1.807) is 7.11 Å². The van der Waals surface area contributed by atoms with Crippen molar-refractivity contribution in [3.63, 3.8) is 0 Å². The topological polar surface area (TPSA) is 62.7 Å². The van der Waals surface area contributed by atoms with E-state index in [4.69, 9.17) is 4.74 Å². The molecule has 1 fully saturated rings. The Morgan fingerprint density at radius 1 is 1.41 bits per heavy atom. The van der Waals surface area contributed by atoms with E-state index in [9.17, 15) is 9.90 Å². The van der Waals surface area contributed by atoms with Crippen molar-refractivity contribution in [3.05, 3.63) is 29.1 Å². The Hall–Kier alpha value is -1.46. The third kappa shape index (κ3) is 3.84. The molecule has 0 unspecified atom stereocenters. The van der Waals surface area contributed by atoms with Gasteiger partial charge in [-0.25, -0.2) is 0 Å². The summed E-state index contributed by atoms with van der Waals surface area (Å²) in [6, 6.07) is 3.67. The zero-order valence-electron chi connectivity index (χ0n) is 13.8. The maximum Gasteiger partial charge on any atom is 0.254 e. The molecule has 1 aliphatic rings. The van der Waals surface area contributed by atoms with Crippen molar-refractivity contribution < 1.29 is 14.6 Å². The van der Waals surface area contributed by atoms with Gasteiger partial charge in [-0.1, -0.05) is 0 Å². The zero-order chi connectivity index (χ0) is 16.2. The number of carbonyl (C=O) groups excluding carboxylic acids is 1. The number of methoxy groups -OCH3 is 1. The minimum Gasteiger partial charge on any atom is -0.396 e. The van der Waals surface area contributed by atoms with Crippen LogP contribution >= 0.6 is 0 Å². The molecule has 1 amide bonds. The number of pyridine rings is 1. The Balaban J connectivity index is 2.15. The second-order valence-corrected chi connectivity index (χ2v) is 6.37. The normalized spacial score (nSPS) is 21.9. The Morgan fingerprint density at radius 3 is 2.68 bits per heavy atom. The van der Waals surface area contributed by atoms with Crippen LogP contribution in [0.15, 0.2) is 12.1 Å². The van der Waals surface area contributed by atoms with Crippen molar-refractivity contribution in [2.75, 3.05) is 33.4 Å². The highest BCUT2D eigenvalue weighted by atomic mass is 16.5. The number of aromatic nitrogens is 1. The molecule has 2 heterocycles. The van der Waals surface area contributed by atoms with Gasteiger partial charge in [0.1, 0.15) is 0 Å². The summed E-state index contributed by atoms with van der Waals surface area (Å²) in [4.78, 5) is 19.0. The van der Waals surface area contributed by atoms with Crippen molar-refractivity contribution in [2.24, 2.45) is 5.41 Å². The number of piperidine rings is 1. The van der Waals surface area contributed by atoms with E-state index in [1.165, 1.54) is 0 Å². The Kier molecular flexibility index (Phi) is 5.53. The van der Waals surface area contributed by atoms with Gasteiger partial charge in [-0.2, -0.15) is 0 Å². The molecule has 22 heavy (non-hydrogen) atoms. The summed E-state index contributed by atoms with van der Waals surface area (Å²) in [6.07, 6.45) is 2.63. The van der Waals surface area contributed by atoms with Crippen molar-refractivity contribution in [3.8, 4) is 0 Å². The predicted molar refractivity (Wildman–Crippen MR) is 84.9 cm³/mol. The third-order valence-corrected chi connectivity index (χ3v) is 4.45. The maximum absolute atomic E-state index is 12.8. The summed E-state index contributed by atoms with van der Waals surface area (Å²) in [7, 11) is 1.67. The van der Waals surface area contributed by atoms with Crippen LogP contribution in [-0.2, 0) is 4.74 Å². The summed E-state index contributed by atoms with van der Waals surface area (Å²) in [5, 5.41) is 9.82. The van der Waals surface area contributed by atoms with Crippen LogP contribution in [-0.4, -0.2) is 54.3 Å². The fourth-order valence-electron chi connectivity index (χ4n) is 3.25. The number of aryl methyl sites for hydroxylation is 2. The van der Waals surface area contributed by atoms with Gasteiger partial charge in [-0.05, 0) is 45.2 Å². The minimum absolute atomic E-state index is 0.0311. The van der Waals surface area contributed by atoms with E-state index < -0.39 is 0 Å². The zero-order valence-corrected chi connectivity index (χ0v) is 13.8. The van der Waals surface area contributed by atoms with Gasteiger partial charge in [0, 0.05) is 49.2 Å². The number of amides is 1. The highest BCUT2D eigenvalue weighted by molar-refractivity contribution is 5.94. The van der Waals surface area contributed by atoms with Crippen LogP contribution in [0.3, 0.4) is 0 Å². The Morgan fingerprint density at radius 2 is 2.09 bits per heavy atom. The number of nitrogens with zero attached hydrogens (tertiary/aromatic N) is 2. The molecule has 0 bridgehead atoms. The monoisotopic (exact) mass is 306 g/mol. The molecule has 1 N–H and O–H groups in total. The minimum atomic E-state index is -0.235. The average Bonchev–Trinajstić information content (AvgIpc) is 2.51. The summed E-state index contributed by atoms with van der Waals surface area (Å²) >= 11 is 0. The number of aliphatic hydroxyl groups excluding tert-OH is 1. The van der Waals surface area contributed by atoms with Crippen LogP contribution in [0.2, 0.25) is 0 Å². The molecule has 1 aromatic rings. The maximum atomic E-state index is 12.8. The smallest absolute Gasteiger partial charge is 0.254 e. The number of carbonyl (C=O) groups is 1. The molecule has 0 aromatic carbocycles. The van der Waals surface area contributed by atoms with Crippen molar-refractivity contribution in [1.82, 2.24) is 9.88 Å². The number of rotatable bonds is 5. The molecule has 1 aliphatic heterocycles. The Labute approximate surface area is 132 Å². The quantitative estimate of drug-likeness (QED) is 0.903. The summed E-state index contributed by atoms with van der Waals surface area (Å²) in [6.45, 7) is 5.83. The largest absolute Gasteiger partial charge is 0.396 e. The lowest BCUT2D eigenvalue weighted by molar-refractivity contribution is 0.00897. The van der Waals surface area contributed by atoms with Crippen LogP contribution < -0.4 is 0 Å². The molecule has 1 saturated heterocycles. The van der Waals surface area contributed by atoms with Crippen molar-refractivity contribution in [1.29, 1.82) is 0 Å². The predicted octanol–water partition coefficient (Wildman–Crippen LogP) is 1.95. The molecular formula is C17H26N2O3. The molecule has 5 nitrogen and oxygen atoms in total. The van der Waals surface area contributed by atoms with Crippen molar-refractivity contribution >= 4 is 5.91 Å². The van der Waals surface area contributed by atoms with Gasteiger partial charge in [0.25, 0.3) is 5.91 Å². The van der Waals surface area contributed by atoms with E-state index in [0.29, 0.717) is 18.7 Å². The van der Waals surface area contributed by atoms with Crippen LogP contribution in [0.4, 0.5) is 0 Å². The van der Waals surface area contributed by atoms with Gasteiger partial charge >= 0.3 is 0 Å². The van der Waals surface area contributed by atoms with Crippen LogP contribution in [0.25, 0.3) is 0 Å². The molecular weight excluding hydrogens is 280 g/mol. The third-order valence-electron chi connectivity index (χ3n) is 4.45. The summed E-state index contributed by atoms with van der Waals surface area (Å²) in [5.74, 6) is 0.0311. The molecule has 2 rings (SSSR count). The first-order chi connectivity index (χ1) is 10.5. The Bertz CT molecular complexity index is 512. The highest BCUT2D eigenvalue weighted by Gasteiger charge is 2.36. The molecule has 122 valence electrons. The standard InChI is InChI=1S/C17H26N2O3/c1-13-9-15(10-14(2)18-13)16(21)19-7-4-5-17(11-19,12-20)6-8-22-3/h9-10,20H,4-8,11-12H2,1-3H3/t17-/m1/s1. The van der Waals surface area contributed by atoms with Crippen LogP contribution in [0.5, 0.6) is 0 Å². The summed E-state index contributed by atoms with van der Waals surface area (Å²) in [5.41, 5.74) is 2.16. The molecule has 1 atom stereocenters. The van der Waals surface area contributed by atoms with Crippen LogP contribution in [0, 0.1) is 19.3 Å². The number of likely N-dealkylation sites (tertiary alicyclic amines) is 1. The fraction of sp³-hybridized carbons (Fsp3) is 0.647. The molecule has 0 radical (unpaired) electrons. The number of ether oxygens (including phenoxy) is 1. The first-order valence-corrected chi connectivity index (χ1v) is 7.84. The first-order valence-electron chi connectivity index (χ1n) is 7.84. The number of hydrogen-bond donors (Lipinski definition) is 1. The average molecular weight is 306 g/mol. The van der Waals surface area contributed by atoms with Gasteiger partial charge < -0.3 is 14.7 Å². The lowest BCUT2D eigenvalue weighted by Gasteiger charge is -2.42. The fourth-order valence-corrected chi connectivity index (χ4v) is 3.25. The van der Waals surface area contributed by atoms with Gasteiger partial charge in [0.15, 0.2) is 0 Å². The summed E-state index contributed by atoms with van der Waals surface area (Å²) < 4.78 is 5.16. The van der Waals surface area contributed by atoms with Gasteiger partial charge in [-0.3, -0.25) is 9.78 Å². The van der Waals surface area contributed by atoms with Crippen LogP contribution in [0.1, 0.15) is 41.0 Å². The molecule has 0 saturated carbocycles. The molecule has 0 aliphatic carbocycles. The molecule has 0 spiro atoms. The molecule has 1 aromatic heterocycles. The van der Waals surface area contributed by atoms with E-state index >= 15 is 0 Å². The van der Waals surface area contributed by atoms with Gasteiger partial charge in [0.05, 0.1) is 6.61 Å². The highest BCUT2D eigenvalue weighted by Crippen LogP contribution is 2.33. The molecule has 5 heteroatoms. The van der Waals surface area contributed by atoms with Crippen molar-refractivity contribution in [2.45, 2.75) is 33.1 Å². The van der Waals surface area contributed by atoms with E-state index in [1.807, 2.05) is 30.9 Å². The second-order valence-electron chi connectivity index (χ2n) is 6.37. The SMILES string of the molecule is COCC[C@]1(CO)CCCN(C(=O)c2cc(C)nc(C)c2)C1. The first kappa shape index (κ1) is 16.9. The van der Waals surface area contributed by atoms with Gasteiger partial charge in [-0.15, -0.1) is 0 Å². The lowest BCUT2D eigenvalue weighted by Crippen LogP contribution is -2.48. The second kappa shape index (κ2) is 7.20. The number of aliphatic hydroxyl groups is 1. The van der Waals surface area contributed by atoms with Gasteiger partial charge in [0.2, 0.25) is 0 Å². The lowest BCUT2D eigenvalue weighted by atomic mass is 9.78. The number of hydrogen-bond acceptors (Lipinski definition) is 4. The van der Waals surface area contributed by atoms with E-state index in [2.05, 4.69) is 4.98 Å². The van der Waals surface area contributed by atoms with E-state index in [-0.39, 0.29) is 17.9 Å². The van der Waals surface area contributed by atoms with E-state index in [0.717, 1.165) is 37.2 Å².